The van der Waals surface area contributed by atoms with E-state index >= 15 is 0 Å². The first-order chi connectivity index (χ1) is 3.77. The third-order valence-electron chi connectivity index (χ3n) is 0.438. The van der Waals surface area contributed by atoms with Crippen molar-refractivity contribution in [3.05, 3.63) is 24.7 Å². The van der Waals surface area contributed by atoms with Gasteiger partial charge in [-0.1, -0.05) is 6.58 Å². The first-order valence-corrected chi connectivity index (χ1v) is 2.12. The van der Waals surface area contributed by atoms with Crippen molar-refractivity contribution in [2.24, 2.45) is 16.5 Å². The van der Waals surface area contributed by atoms with Gasteiger partial charge in [0.2, 0.25) is 0 Å². The van der Waals surface area contributed by atoms with Crippen LogP contribution < -0.4 is 11.5 Å². The maximum atomic E-state index is 5.07. The average molecular weight is 111 g/mol. The molecule has 8 heavy (non-hydrogen) atoms. The Morgan fingerprint density at radius 1 is 1.62 bits per heavy atom. The highest BCUT2D eigenvalue weighted by molar-refractivity contribution is 5.71. The highest BCUT2D eigenvalue weighted by Crippen LogP contribution is 1.74. The van der Waals surface area contributed by atoms with Crippen LogP contribution in [0.15, 0.2) is 29.7 Å². The van der Waals surface area contributed by atoms with Gasteiger partial charge in [-0.2, -0.15) is 0 Å². The topological polar surface area (TPSA) is 64.4 Å². The predicted molar refractivity (Wildman–Crippen MR) is 35.1 cm³/mol. The summed E-state index contributed by atoms with van der Waals surface area (Å²) in [5, 5.41) is 0. The van der Waals surface area contributed by atoms with E-state index in [1.165, 1.54) is 12.4 Å². The second-order valence-electron chi connectivity index (χ2n) is 1.15. The molecule has 0 rings (SSSR count). The molecule has 0 atom stereocenters. The van der Waals surface area contributed by atoms with Crippen LogP contribution in [0.25, 0.3) is 0 Å². The van der Waals surface area contributed by atoms with E-state index in [4.69, 9.17) is 11.5 Å². The minimum absolute atomic E-state index is 0.281. The zero-order valence-corrected chi connectivity index (χ0v) is 4.54. The van der Waals surface area contributed by atoms with Gasteiger partial charge in [0, 0.05) is 6.21 Å². The van der Waals surface area contributed by atoms with Crippen LogP contribution in [0.5, 0.6) is 0 Å². The first kappa shape index (κ1) is 6.75. The van der Waals surface area contributed by atoms with Crippen LogP contribution in [0, 0.1) is 0 Å². The van der Waals surface area contributed by atoms with Crippen LogP contribution in [0.1, 0.15) is 0 Å². The molecule has 0 amide bonds. The largest absolute Gasteiger partial charge is 0.405 e. The molecule has 3 nitrogen and oxygen atoms in total. The Balaban J connectivity index is 3.50. The molecule has 0 aliphatic heterocycles. The van der Waals surface area contributed by atoms with Crippen LogP contribution >= 0.6 is 0 Å². The van der Waals surface area contributed by atoms with Crippen molar-refractivity contribution in [2.75, 3.05) is 0 Å². The minimum Gasteiger partial charge on any atom is -0.405 e. The van der Waals surface area contributed by atoms with Crippen LogP contribution in [0.2, 0.25) is 0 Å². The second-order valence-corrected chi connectivity index (χ2v) is 1.15. The Morgan fingerprint density at radius 2 is 2.25 bits per heavy atom. The fourth-order valence-electron chi connectivity index (χ4n) is 0.188. The Hall–Kier alpha value is -1.25. The lowest BCUT2D eigenvalue weighted by atomic mass is 10.6. The third-order valence-corrected chi connectivity index (χ3v) is 0.438. The van der Waals surface area contributed by atoms with Crippen LogP contribution in [-0.4, -0.2) is 6.21 Å². The van der Waals surface area contributed by atoms with Gasteiger partial charge >= 0.3 is 0 Å². The number of hydrogen-bond donors (Lipinski definition) is 2. The van der Waals surface area contributed by atoms with Gasteiger partial charge in [-0.25, -0.2) is 4.99 Å². The summed E-state index contributed by atoms with van der Waals surface area (Å²) < 4.78 is 0. The summed E-state index contributed by atoms with van der Waals surface area (Å²) in [5.74, 6) is 0.281. The molecule has 4 N–H and O–H groups in total. The average Bonchev–Trinajstić information content (AvgIpc) is 1.66. The molecule has 3 heteroatoms. The molecule has 0 heterocycles. The fourth-order valence-corrected chi connectivity index (χ4v) is 0.188. The zero-order valence-electron chi connectivity index (χ0n) is 4.54. The van der Waals surface area contributed by atoms with E-state index in [1.807, 2.05) is 0 Å². The first-order valence-electron chi connectivity index (χ1n) is 2.12. The number of aliphatic imine (C=N–C) groups is 1. The Labute approximate surface area is 48.4 Å². The monoisotopic (exact) mass is 111 g/mol. The van der Waals surface area contributed by atoms with Crippen molar-refractivity contribution in [3.63, 3.8) is 0 Å². The maximum Gasteiger partial charge on any atom is 0.115 e. The fraction of sp³-hybridized carbons (Fsp3) is 0. The summed E-state index contributed by atoms with van der Waals surface area (Å²) in [7, 11) is 0. The van der Waals surface area contributed by atoms with Gasteiger partial charge in [-0.05, 0) is 12.3 Å². The highest BCUT2D eigenvalue weighted by Gasteiger charge is 1.66. The molecule has 0 unspecified atom stereocenters. The molecule has 0 fully saturated rings. The summed E-state index contributed by atoms with van der Waals surface area (Å²) in [6.07, 6.45) is 4.41. The normalized spacial score (nSPS) is 11.0. The predicted octanol–water partition coefficient (Wildman–Crippen LogP) is -0.0405. The summed E-state index contributed by atoms with van der Waals surface area (Å²) in [4.78, 5) is 3.61. The van der Waals surface area contributed by atoms with Crippen molar-refractivity contribution in [1.29, 1.82) is 0 Å². The second kappa shape index (κ2) is 3.92. The molecule has 0 radical (unpaired) electrons. The van der Waals surface area contributed by atoms with Crippen molar-refractivity contribution in [1.82, 2.24) is 0 Å². The van der Waals surface area contributed by atoms with E-state index in [2.05, 4.69) is 11.6 Å². The number of allylic oxidation sites excluding steroid dienone is 1. The lowest BCUT2D eigenvalue weighted by molar-refractivity contribution is 1.28. The number of hydrogen-bond acceptors (Lipinski definition) is 3. The maximum absolute atomic E-state index is 5.07. The standard InChI is InChI=1S/C5H9N3/c1-5(7)8-4-2-3-6/h2-4H,1,6-7H2/b3-2-,8-4?. The number of rotatable bonds is 2. The molecule has 0 aliphatic carbocycles. The molecular weight excluding hydrogens is 102 g/mol. The molecule has 0 spiro atoms. The van der Waals surface area contributed by atoms with E-state index in [-0.39, 0.29) is 5.82 Å². The Morgan fingerprint density at radius 3 is 2.62 bits per heavy atom. The van der Waals surface area contributed by atoms with Gasteiger partial charge in [-0.15, -0.1) is 0 Å². The summed E-state index contributed by atoms with van der Waals surface area (Å²) in [6, 6.07) is 0. The molecule has 0 aromatic carbocycles. The van der Waals surface area contributed by atoms with Crippen molar-refractivity contribution < 1.29 is 0 Å². The van der Waals surface area contributed by atoms with E-state index < -0.39 is 0 Å². The molecule has 0 aromatic rings. The van der Waals surface area contributed by atoms with E-state index in [9.17, 15) is 0 Å². The summed E-state index contributed by atoms with van der Waals surface area (Å²) in [5.41, 5.74) is 10.0. The van der Waals surface area contributed by atoms with Gasteiger partial charge in [0.15, 0.2) is 0 Å². The smallest absolute Gasteiger partial charge is 0.115 e. The minimum atomic E-state index is 0.281. The van der Waals surface area contributed by atoms with Crippen molar-refractivity contribution >= 4 is 6.21 Å². The summed E-state index contributed by atoms with van der Waals surface area (Å²) >= 11 is 0. The molecule has 0 aromatic heterocycles. The lowest BCUT2D eigenvalue weighted by Crippen LogP contribution is -1.89. The molecule has 0 bridgehead atoms. The zero-order chi connectivity index (χ0) is 6.41. The SMILES string of the molecule is C=C(N)N=C/C=C\N. The third kappa shape index (κ3) is 4.75. The van der Waals surface area contributed by atoms with Crippen molar-refractivity contribution in [3.8, 4) is 0 Å². The van der Waals surface area contributed by atoms with Crippen LogP contribution in [0.4, 0.5) is 0 Å². The molecule has 0 saturated heterocycles. The van der Waals surface area contributed by atoms with E-state index in [0.717, 1.165) is 0 Å². The van der Waals surface area contributed by atoms with E-state index in [0.29, 0.717) is 0 Å². The quantitative estimate of drug-likeness (QED) is 0.491. The lowest BCUT2D eigenvalue weighted by Gasteiger charge is -1.80. The van der Waals surface area contributed by atoms with Gasteiger partial charge in [-0.3, -0.25) is 0 Å². The van der Waals surface area contributed by atoms with E-state index in [1.54, 1.807) is 6.08 Å². The molecule has 44 valence electrons. The molecule has 0 saturated carbocycles. The highest BCUT2D eigenvalue weighted by atomic mass is 14.9. The molecule has 0 aliphatic rings. The summed E-state index contributed by atoms with van der Waals surface area (Å²) in [6.45, 7) is 3.33. The van der Waals surface area contributed by atoms with Gasteiger partial charge in [0.1, 0.15) is 5.82 Å². The van der Waals surface area contributed by atoms with Crippen molar-refractivity contribution in [2.45, 2.75) is 0 Å². The molecular formula is C5H9N3. The van der Waals surface area contributed by atoms with Gasteiger partial charge in [0.25, 0.3) is 0 Å². The van der Waals surface area contributed by atoms with Crippen LogP contribution in [0.3, 0.4) is 0 Å². The Bertz CT molecular complexity index is 124. The van der Waals surface area contributed by atoms with Gasteiger partial charge < -0.3 is 11.5 Å². The number of nitrogens with zero attached hydrogens (tertiary/aromatic N) is 1. The Kier molecular flexibility index (Phi) is 3.31. The van der Waals surface area contributed by atoms with Crippen LogP contribution in [-0.2, 0) is 0 Å². The number of nitrogens with two attached hydrogens (primary N) is 2. The van der Waals surface area contributed by atoms with Gasteiger partial charge in [0.05, 0.1) is 0 Å².